The molecule has 0 bridgehead atoms. The van der Waals surface area contributed by atoms with Gasteiger partial charge >= 0.3 is 0 Å². The molecule has 0 amide bonds. The predicted octanol–water partition coefficient (Wildman–Crippen LogP) is 1.36. The van der Waals surface area contributed by atoms with Gasteiger partial charge in [-0.1, -0.05) is 0 Å². The number of pyridine rings is 1. The van der Waals surface area contributed by atoms with Crippen molar-refractivity contribution in [3.8, 4) is 0 Å². The molecule has 0 spiro atoms. The van der Waals surface area contributed by atoms with Gasteiger partial charge in [-0.3, -0.25) is 0 Å². The summed E-state index contributed by atoms with van der Waals surface area (Å²) in [4.78, 5) is 4.22. The average Bonchev–Trinajstić information content (AvgIpc) is 2.32. The van der Waals surface area contributed by atoms with Crippen molar-refractivity contribution < 1.29 is 8.42 Å². The van der Waals surface area contributed by atoms with Gasteiger partial charge in [0.25, 0.3) is 0 Å². The number of benzene rings is 1. The Bertz CT molecular complexity index is 696. The van der Waals surface area contributed by atoms with E-state index in [-0.39, 0.29) is 4.90 Å². The third-order valence-corrected chi connectivity index (χ3v) is 3.43. The molecule has 100 valence electrons. The molecule has 1 aromatic carbocycles. The van der Waals surface area contributed by atoms with Crippen LogP contribution in [0.4, 0.5) is 17.2 Å². The van der Waals surface area contributed by atoms with Gasteiger partial charge < -0.3 is 11.1 Å². The Labute approximate surface area is 111 Å². The van der Waals surface area contributed by atoms with Crippen LogP contribution in [0.5, 0.6) is 0 Å². The van der Waals surface area contributed by atoms with Crippen LogP contribution in [0.3, 0.4) is 0 Å². The lowest BCUT2D eigenvalue weighted by atomic mass is 10.2. The lowest BCUT2D eigenvalue weighted by molar-refractivity contribution is 0.598. The fourth-order valence-corrected chi connectivity index (χ4v) is 2.08. The van der Waals surface area contributed by atoms with E-state index in [9.17, 15) is 8.42 Å². The SMILES string of the molecule is Cc1cnc(Nc2ccc(S(N)(=O)=O)cc2)c(N)c1. The second-order valence-electron chi connectivity index (χ2n) is 4.14. The number of nitrogens with one attached hydrogen (secondary N) is 1. The summed E-state index contributed by atoms with van der Waals surface area (Å²) in [7, 11) is -3.67. The molecule has 5 N–H and O–H groups in total. The van der Waals surface area contributed by atoms with Crippen molar-refractivity contribution in [1.82, 2.24) is 4.98 Å². The molecule has 0 aliphatic rings. The Hall–Kier alpha value is -2.12. The molecule has 0 aliphatic heterocycles. The van der Waals surface area contributed by atoms with Crippen LogP contribution in [0.25, 0.3) is 0 Å². The molecule has 0 radical (unpaired) electrons. The Balaban J connectivity index is 2.25. The molecule has 1 heterocycles. The minimum atomic E-state index is -3.67. The summed E-state index contributed by atoms with van der Waals surface area (Å²) in [5, 5.41) is 8.03. The van der Waals surface area contributed by atoms with Crippen LogP contribution in [-0.2, 0) is 10.0 Å². The largest absolute Gasteiger partial charge is 0.396 e. The molecule has 0 unspecified atom stereocenters. The highest BCUT2D eigenvalue weighted by atomic mass is 32.2. The number of aryl methyl sites for hydroxylation is 1. The molecule has 7 heteroatoms. The molecule has 0 saturated carbocycles. The van der Waals surface area contributed by atoms with Gasteiger partial charge in [-0.05, 0) is 42.8 Å². The third-order valence-electron chi connectivity index (χ3n) is 2.50. The Morgan fingerprint density at radius 3 is 2.37 bits per heavy atom. The van der Waals surface area contributed by atoms with Crippen LogP contribution < -0.4 is 16.2 Å². The highest BCUT2D eigenvalue weighted by molar-refractivity contribution is 7.89. The van der Waals surface area contributed by atoms with E-state index in [4.69, 9.17) is 10.9 Å². The summed E-state index contributed by atoms with van der Waals surface area (Å²) in [5.41, 5.74) is 7.99. The lowest BCUT2D eigenvalue weighted by Crippen LogP contribution is -2.11. The van der Waals surface area contributed by atoms with Gasteiger partial charge in [0.05, 0.1) is 10.6 Å². The summed E-state index contributed by atoms with van der Waals surface area (Å²) in [6, 6.07) is 7.83. The second kappa shape index (κ2) is 4.87. The summed E-state index contributed by atoms with van der Waals surface area (Å²) < 4.78 is 22.2. The summed E-state index contributed by atoms with van der Waals surface area (Å²) in [5.74, 6) is 0.522. The van der Waals surface area contributed by atoms with Crippen molar-refractivity contribution in [2.24, 2.45) is 5.14 Å². The topological polar surface area (TPSA) is 111 Å². The first-order valence-electron chi connectivity index (χ1n) is 5.48. The molecule has 2 rings (SSSR count). The average molecular weight is 278 g/mol. The van der Waals surface area contributed by atoms with Gasteiger partial charge in [0, 0.05) is 11.9 Å². The highest BCUT2D eigenvalue weighted by Crippen LogP contribution is 2.22. The van der Waals surface area contributed by atoms with Crippen molar-refractivity contribution in [2.75, 3.05) is 11.1 Å². The fourth-order valence-electron chi connectivity index (χ4n) is 1.56. The van der Waals surface area contributed by atoms with Gasteiger partial charge in [-0.2, -0.15) is 0 Å². The lowest BCUT2D eigenvalue weighted by Gasteiger charge is -2.09. The van der Waals surface area contributed by atoms with E-state index in [1.165, 1.54) is 12.1 Å². The number of hydrogen-bond donors (Lipinski definition) is 3. The van der Waals surface area contributed by atoms with E-state index in [1.807, 2.05) is 6.92 Å². The molecule has 0 saturated heterocycles. The van der Waals surface area contributed by atoms with E-state index in [2.05, 4.69) is 10.3 Å². The van der Waals surface area contributed by atoms with Gasteiger partial charge in [-0.25, -0.2) is 18.5 Å². The molecule has 0 aliphatic carbocycles. The number of nitrogens with two attached hydrogens (primary N) is 2. The van der Waals surface area contributed by atoms with Crippen LogP contribution in [0.1, 0.15) is 5.56 Å². The minimum Gasteiger partial charge on any atom is -0.396 e. The van der Waals surface area contributed by atoms with Crippen molar-refractivity contribution in [3.63, 3.8) is 0 Å². The Morgan fingerprint density at radius 1 is 1.21 bits per heavy atom. The summed E-state index contributed by atoms with van der Waals surface area (Å²) >= 11 is 0. The zero-order valence-corrected chi connectivity index (χ0v) is 11.1. The standard InChI is InChI=1S/C12H14N4O2S/c1-8-6-11(13)12(15-7-8)16-9-2-4-10(5-3-9)19(14,17)18/h2-7H,13H2,1H3,(H,15,16)(H2,14,17,18). The van der Waals surface area contributed by atoms with Crippen LogP contribution >= 0.6 is 0 Å². The van der Waals surface area contributed by atoms with Gasteiger partial charge in [0.2, 0.25) is 10.0 Å². The highest BCUT2D eigenvalue weighted by Gasteiger charge is 2.07. The number of sulfonamides is 1. The van der Waals surface area contributed by atoms with Crippen LogP contribution in [0, 0.1) is 6.92 Å². The number of anilines is 3. The number of nitrogens with zero attached hydrogens (tertiary/aromatic N) is 1. The van der Waals surface area contributed by atoms with Crippen molar-refractivity contribution in [3.05, 3.63) is 42.1 Å². The number of aromatic nitrogens is 1. The number of primary sulfonamides is 1. The first-order valence-corrected chi connectivity index (χ1v) is 7.03. The monoisotopic (exact) mass is 278 g/mol. The van der Waals surface area contributed by atoms with E-state index < -0.39 is 10.0 Å². The van der Waals surface area contributed by atoms with E-state index in [0.717, 1.165) is 5.56 Å². The van der Waals surface area contributed by atoms with Crippen molar-refractivity contribution >= 4 is 27.2 Å². The van der Waals surface area contributed by atoms with Crippen LogP contribution in [0.2, 0.25) is 0 Å². The quantitative estimate of drug-likeness (QED) is 0.785. The van der Waals surface area contributed by atoms with Crippen LogP contribution in [0.15, 0.2) is 41.4 Å². The Kier molecular flexibility index (Phi) is 3.41. The zero-order chi connectivity index (χ0) is 14.0. The van der Waals surface area contributed by atoms with Gasteiger partial charge in [-0.15, -0.1) is 0 Å². The van der Waals surface area contributed by atoms with Crippen molar-refractivity contribution in [2.45, 2.75) is 11.8 Å². The number of nitrogen functional groups attached to an aromatic ring is 1. The number of hydrogen-bond acceptors (Lipinski definition) is 5. The smallest absolute Gasteiger partial charge is 0.238 e. The molecule has 6 nitrogen and oxygen atoms in total. The van der Waals surface area contributed by atoms with E-state index >= 15 is 0 Å². The second-order valence-corrected chi connectivity index (χ2v) is 5.71. The van der Waals surface area contributed by atoms with Crippen molar-refractivity contribution in [1.29, 1.82) is 0 Å². The molecule has 2 aromatic rings. The molecule has 1 aromatic heterocycles. The molecule has 0 fully saturated rings. The molecule has 19 heavy (non-hydrogen) atoms. The van der Waals surface area contributed by atoms with E-state index in [1.54, 1.807) is 24.4 Å². The maximum absolute atomic E-state index is 11.1. The maximum Gasteiger partial charge on any atom is 0.238 e. The minimum absolute atomic E-state index is 0.0582. The normalized spacial score (nSPS) is 11.3. The fraction of sp³-hybridized carbons (Fsp3) is 0.0833. The Morgan fingerprint density at radius 2 is 1.84 bits per heavy atom. The predicted molar refractivity (Wildman–Crippen MR) is 74.5 cm³/mol. The van der Waals surface area contributed by atoms with Crippen LogP contribution in [-0.4, -0.2) is 13.4 Å². The zero-order valence-electron chi connectivity index (χ0n) is 10.3. The van der Waals surface area contributed by atoms with E-state index in [0.29, 0.717) is 17.2 Å². The molecular weight excluding hydrogens is 264 g/mol. The van der Waals surface area contributed by atoms with Gasteiger partial charge in [0.1, 0.15) is 0 Å². The summed E-state index contributed by atoms with van der Waals surface area (Å²) in [6.07, 6.45) is 1.69. The first kappa shape index (κ1) is 13.3. The first-order chi connectivity index (χ1) is 8.86. The maximum atomic E-state index is 11.1. The molecular formula is C12H14N4O2S. The molecule has 0 atom stereocenters. The summed E-state index contributed by atoms with van der Waals surface area (Å²) in [6.45, 7) is 1.90. The van der Waals surface area contributed by atoms with Gasteiger partial charge in [0.15, 0.2) is 5.82 Å². The third kappa shape index (κ3) is 3.21. The number of rotatable bonds is 3.